The van der Waals surface area contributed by atoms with Crippen LogP contribution in [0.25, 0.3) is 0 Å². The average Bonchev–Trinajstić information content (AvgIpc) is 2.19. The van der Waals surface area contributed by atoms with Gasteiger partial charge in [0.05, 0.1) is 6.54 Å². The predicted molar refractivity (Wildman–Crippen MR) is 57.6 cm³/mol. The molecule has 0 saturated carbocycles. The maximum Gasteiger partial charge on any atom is 0.140 e. The van der Waals surface area contributed by atoms with Crippen LogP contribution in [0.1, 0.15) is 0 Å². The molecule has 0 spiro atoms. The second kappa shape index (κ2) is 5.43. The van der Waals surface area contributed by atoms with Crippen LogP contribution in [-0.2, 0) is 4.79 Å². The fourth-order valence-electron chi connectivity index (χ4n) is 0.961. The van der Waals surface area contributed by atoms with E-state index in [4.69, 9.17) is 0 Å². The average molecular weight is 193 g/mol. The van der Waals surface area contributed by atoms with E-state index in [1.54, 1.807) is 5.41 Å². The summed E-state index contributed by atoms with van der Waals surface area (Å²) in [6.45, 7) is 3.99. The first-order valence-electron chi connectivity index (χ1n) is 3.92. The number of nitrogens with zero attached hydrogens (tertiary/aromatic N) is 1. The molecule has 0 heterocycles. The second-order valence-electron chi connectivity index (χ2n) is 2.34. The maximum atomic E-state index is 10.4. The minimum absolute atomic E-state index is 0.376. The van der Waals surface area contributed by atoms with Gasteiger partial charge < -0.3 is 9.10 Å². The van der Waals surface area contributed by atoms with Gasteiger partial charge in [0.2, 0.25) is 0 Å². The van der Waals surface area contributed by atoms with Crippen molar-refractivity contribution >= 4 is 23.9 Å². The number of carbonyl (C=O) groups excluding carboxylic acids is 1. The summed E-state index contributed by atoms with van der Waals surface area (Å²) in [6, 6.07) is 9.74. The zero-order valence-corrected chi connectivity index (χ0v) is 8.04. The van der Waals surface area contributed by atoms with Gasteiger partial charge in [0.15, 0.2) is 0 Å². The molecular weight excluding hydrogens is 182 g/mol. The van der Waals surface area contributed by atoms with E-state index in [0.29, 0.717) is 6.54 Å². The number of hydrogen-bond acceptors (Lipinski definition) is 3. The van der Waals surface area contributed by atoms with Gasteiger partial charge in [-0.3, -0.25) is 0 Å². The highest BCUT2D eigenvalue weighted by Crippen LogP contribution is 2.21. The third-order valence-corrected chi connectivity index (χ3v) is 2.25. The molecule has 1 rings (SSSR count). The standard InChI is InChI=1S/C10H11NOS/c1-2-13-11(8-9-12)10-6-4-3-5-7-10/h2-7,9H,1,8H2. The van der Waals surface area contributed by atoms with E-state index in [0.717, 1.165) is 12.0 Å². The number of hydrogen-bond donors (Lipinski definition) is 0. The number of para-hydroxylation sites is 1. The Labute approximate surface area is 82.4 Å². The van der Waals surface area contributed by atoms with Crippen LogP contribution < -0.4 is 4.31 Å². The lowest BCUT2D eigenvalue weighted by Crippen LogP contribution is -2.15. The number of anilines is 1. The van der Waals surface area contributed by atoms with Crippen molar-refractivity contribution < 1.29 is 4.79 Å². The normalized spacial score (nSPS) is 9.23. The number of aldehydes is 1. The first kappa shape index (κ1) is 9.86. The van der Waals surface area contributed by atoms with Crippen LogP contribution in [0.3, 0.4) is 0 Å². The van der Waals surface area contributed by atoms with Gasteiger partial charge in [0, 0.05) is 5.69 Å². The van der Waals surface area contributed by atoms with E-state index in [-0.39, 0.29) is 0 Å². The quantitative estimate of drug-likeness (QED) is 0.529. The minimum Gasteiger partial charge on any atom is -0.306 e. The van der Waals surface area contributed by atoms with Crippen molar-refractivity contribution in [1.82, 2.24) is 0 Å². The molecule has 0 N–H and O–H groups in total. The van der Waals surface area contributed by atoms with E-state index in [1.807, 2.05) is 34.6 Å². The monoisotopic (exact) mass is 193 g/mol. The largest absolute Gasteiger partial charge is 0.306 e. The summed E-state index contributed by atoms with van der Waals surface area (Å²) in [5, 5.41) is 1.70. The SMILES string of the molecule is C=CSN(CC=O)c1ccccc1. The van der Waals surface area contributed by atoms with Crippen LogP contribution in [0.5, 0.6) is 0 Å². The fraction of sp³-hybridized carbons (Fsp3) is 0.100. The molecular formula is C10H11NOS. The lowest BCUT2D eigenvalue weighted by molar-refractivity contribution is -0.106. The predicted octanol–water partition coefficient (Wildman–Crippen LogP) is 2.48. The first-order valence-corrected chi connectivity index (χ1v) is 4.76. The highest BCUT2D eigenvalue weighted by Gasteiger charge is 2.02. The molecule has 0 radical (unpaired) electrons. The lowest BCUT2D eigenvalue weighted by atomic mass is 10.3. The number of rotatable bonds is 5. The van der Waals surface area contributed by atoms with Gasteiger partial charge in [0.25, 0.3) is 0 Å². The molecule has 0 unspecified atom stereocenters. The Hall–Kier alpha value is -1.22. The summed E-state index contributed by atoms with van der Waals surface area (Å²) >= 11 is 1.42. The molecule has 0 amide bonds. The molecule has 3 heteroatoms. The lowest BCUT2D eigenvalue weighted by Gasteiger charge is -2.18. The molecule has 1 aromatic rings. The van der Waals surface area contributed by atoms with Gasteiger partial charge in [0.1, 0.15) is 6.29 Å². The third-order valence-electron chi connectivity index (χ3n) is 1.49. The minimum atomic E-state index is 0.376. The summed E-state index contributed by atoms with van der Waals surface area (Å²) < 4.78 is 1.88. The molecule has 0 bridgehead atoms. The fourth-order valence-corrected chi connectivity index (χ4v) is 1.53. The van der Waals surface area contributed by atoms with Crippen molar-refractivity contribution in [3.63, 3.8) is 0 Å². The van der Waals surface area contributed by atoms with Gasteiger partial charge in [-0.25, -0.2) is 0 Å². The number of benzene rings is 1. The number of carbonyl (C=O) groups is 1. The summed E-state index contributed by atoms with van der Waals surface area (Å²) in [6.07, 6.45) is 0.878. The summed E-state index contributed by atoms with van der Waals surface area (Å²) in [7, 11) is 0. The van der Waals surface area contributed by atoms with Crippen LogP contribution >= 0.6 is 11.9 Å². The molecule has 0 atom stereocenters. The Morgan fingerprint density at radius 2 is 2.08 bits per heavy atom. The first-order chi connectivity index (χ1) is 6.38. The van der Waals surface area contributed by atoms with Gasteiger partial charge in [-0.2, -0.15) is 0 Å². The van der Waals surface area contributed by atoms with Crippen LogP contribution in [0.2, 0.25) is 0 Å². The topological polar surface area (TPSA) is 20.3 Å². The zero-order chi connectivity index (χ0) is 9.52. The van der Waals surface area contributed by atoms with Gasteiger partial charge >= 0.3 is 0 Å². The highest BCUT2D eigenvalue weighted by molar-refractivity contribution is 8.03. The van der Waals surface area contributed by atoms with Crippen molar-refractivity contribution in [1.29, 1.82) is 0 Å². The highest BCUT2D eigenvalue weighted by atomic mass is 32.2. The Bertz CT molecular complexity index is 264. The van der Waals surface area contributed by atoms with Gasteiger partial charge in [-0.1, -0.05) is 24.8 Å². The maximum absolute atomic E-state index is 10.4. The third kappa shape index (κ3) is 2.95. The van der Waals surface area contributed by atoms with E-state index in [9.17, 15) is 4.79 Å². The van der Waals surface area contributed by atoms with E-state index in [1.165, 1.54) is 11.9 Å². The molecule has 0 aromatic heterocycles. The van der Waals surface area contributed by atoms with Crippen molar-refractivity contribution in [2.75, 3.05) is 10.8 Å². The molecule has 0 aliphatic rings. The Morgan fingerprint density at radius 1 is 1.38 bits per heavy atom. The van der Waals surface area contributed by atoms with Crippen LogP contribution in [0.15, 0.2) is 42.3 Å². The summed E-state index contributed by atoms with van der Waals surface area (Å²) in [5.74, 6) is 0. The van der Waals surface area contributed by atoms with Crippen LogP contribution in [-0.4, -0.2) is 12.8 Å². The molecule has 0 aliphatic carbocycles. The molecule has 2 nitrogen and oxygen atoms in total. The zero-order valence-electron chi connectivity index (χ0n) is 7.22. The molecule has 68 valence electrons. The Kier molecular flexibility index (Phi) is 4.12. The summed E-state index contributed by atoms with van der Waals surface area (Å²) in [4.78, 5) is 10.4. The molecule has 13 heavy (non-hydrogen) atoms. The van der Waals surface area contributed by atoms with Crippen molar-refractivity contribution in [2.45, 2.75) is 0 Å². The van der Waals surface area contributed by atoms with Crippen molar-refractivity contribution in [3.05, 3.63) is 42.3 Å². The molecule has 1 aromatic carbocycles. The van der Waals surface area contributed by atoms with Crippen molar-refractivity contribution in [2.24, 2.45) is 0 Å². The van der Waals surface area contributed by atoms with Crippen LogP contribution in [0, 0.1) is 0 Å². The van der Waals surface area contributed by atoms with E-state index >= 15 is 0 Å². The van der Waals surface area contributed by atoms with E-state index in [2.05, 4.69) is 6.58 Å². The van der Waals surface area contributed by atoms with Crippen molar-refractivity contribution in [3.8, 4) is 0 Å². The van der Waals surface area contributed by atoms with Crippen LogP contribution in [0.4, 0.5) is 5.69 Å². The van der Waals surface area contributed by atoms with Gasteiger partial charge in [-0.15, -0.1) is 0 Å². The molecule has 0 aliphatic heterocycles. The Balaban J connectivity index is 2.75. The molecule has 0 saturated heterocycles. The second-order valence-corrected chi connectivity index (χ2v) is 3.32. The smallest absolute Gasteiger partial charge is 0.140 e. The van der Waals surface area contributed by atoms with Gasteiger partial charge in [-0.05, 0) is 29.5 Å². The molecule has 0 fully saturated rings. The summed E-state index contributed by atoms with van der Waals surface area (Å²) in [5.41, 5.74) is 1.01. The Morgan fingerprint density at radius 3 is 2.62 bits per heavy atom. The van der Waals surface area contributed by atoms with E-state index < -0.39 is 0 Å².